The maximum Gasteiger partial charge on any atom is 0.251 e. The minimum Gasteiger partial charge on any atom is -0.361 e. The first-order valence-corrected chi connectivity index (χ1v) is 8.64. The minimum absolute atomic E-state index is 0.0443. The Bertz CT molecular complexity index is 925. The molecule has 2 aromatic carbocycles. The number of aromatic nitrogens is 1. The number of rotatable bonds is 4. The lowest BCUT2D eigenvalue weighted by molar-refractivity contribution is 0.0951. The highest BCUT2D eigenvalue weighted by Crippen LogP contribution is 2.28. The van der Waals surface area contributed by atoms with Crippen LogP contribution in [0.2, 0.25) is 0 Å². The molecule has 3 aromatic rings. The van der Waals surface area contributed by atoms with Gasteiger partial charge in [0, 0.05) is 41.3 Å². The first-order chi connectivity index (χ1) is 12.3. The summed E-state index contributed by atoms with van der Waals surface area (Å²) in [6, 6.07) is 15.8. The number of hydrogen-bond donors (Lipinski definition) is 3. The van der Waals surface area contributed by atoms with E-state index in [1.54, 1.807) is 0 Å². The monoisotopic (exact) mass is 331 g/mol. The fourth-order valence-electron chi connectivity index (χ4n) is 3.27. The molecule has 0 bridgehead atoms. The summed E-state index contributed by atoms with van der Waals surface area (Å²) < 4.78 is 0. The first-order valence-electron chi connectivity index (χ1n) is 8.64. The van der Waals surface area contributed by atoms with Crippen LogP contribution >= 0.6 is 0 Å². The van der Waals surface area contributed by atoms with Gasteiger partial charge < -0.3 is 15.6 Å². The third-order valence-corrected chi connectivity index (χ3v) is 4.65. The van der Waals surface area contributed by atoms with Gasteiger partial charge in [-0.25, -0.2) is 0 Å². The smallest absolute Gasteiger partial charge is 0.251 e. The average Bonchev–Trinajstić information content (AvgIpc) is 3.11. The summed E-state index contributed by atoms with van der Waals surface area (Å²) in [5, 5.41) is 7.44. The molecule has 4 rings (SSSR count). The summed E-state index contributed by atoms with van der Waals surface area (Å²) >= 11 is 0. The maximum absolute atomic E-state index is 12.5. The number of carbonyl (C=O) groups excluding carboxylic acids is 1. The molecule has 0 unspecified atom stereocenters. The molecule has 1 aromatic heterocycles. The summed E-state index contributed by atoms with van der Waals surface area (Å²) in [4.78, 5) is 15.8. The molecule has 4 heteroatoms. The Hall–Kier alpha value is -2.85. The lowest BCUT2D eigenvalue weighted by Crippen LogP contribution is -2.22. The number of carbonyl (C=O) groups is 1. The Morgan fingerprint density at radius 1 is 1.12 bits per heavy atom. The Morgan fingerprint density at radius 3 is 2.80 bits per heavy atom. The highest BCUT2D eigenvalue weighted by Gasteiger charge is 2.13. The van der Waals surface area contributed by atoms with E-state index in [1.165, 1.54) is 11.1 Å². The van der Waals surface area contributed by atoms with E-state index in [1.807, 2.05) is 54.7 Å². The SMILES string of the molecule is O=C(NCc1ccccc1)c1ccc2[nH]cc(C3=CCNCC3)c2c1. The van der Waals surface area contributed by atoms with Crippen LogP contribution in [0.1, 0.15) is 27.9 Å². The quantitative estimate of drug-likeness (QED) is 0.685. The molecule has 0 fully saturated rings. The van der Waals surface area contributed by atoms with Gasteiger partial charge in [-0.2, -0.15) is 0 Å². The van der Waals surface area contributed by atoms with E-state index >= 15 is 0 Å². The second-order valence-electron chi connectivity index (χ2n) is 6.31. The van der Waals surface area contributed by atoms with E-state index < -0.39 is 0 Å². The van der Waals surface area contributed by atoms with Crippen molar-refractivity contribution in [2.75, 3.05) is 13.1 Å². The van der Waals surface area contributed by atoms with E-state index in [-0.39, 0.29) is 5.91 Å². The molecule has 1 aliphatic heterocycles. The lowest BCUT2D eigenvalue weighted by Gasteiger charge is -2.13. The zero-order valence-corrected chi connectivity index (χ0v) is 14.0. The fourth-order valence-corrected chi connectivity index (χ4v) is 3.27. The zero-order valence-electron chi connectivity index (χ0n) is 14.0. The minimum atomic E-state index is -0.0443. The molecular formula is C21H21N3O. The number of H-pyrrole nitrogens is 1. The van der Waals surface area contributed by atoms with E-state index in [0.717, 1.165) is 36.0 Å². The van der Waals surface area contributed by atoms with Crippen LogP contribution in [0.3, 0.4) is 0 Å². The van der Waals surface area contributed by atoms with Crippen LogP contribution in [0, 0.1) is 0 Å². The van der Waals surface area contributed by atoms with Crippen molar-refractivity contribution >= 4 is 22.4 Å². The van der Waals surface area contributed by atoms with Crippen molar-refractivity contribution in [1.82, 2.24) is 15.6 Å². The third-order valence-electron chi connectivity index (χ3n) is 4.65. The number of hydrogen-bond acceptors (Lipinski definition) is 2. The molecule has 0 radical (unpaired) electrons. The van der Waals surface area contributed by atoms with Crippen molar-refractivity contribution in [3.63, 3.8) is 0 Å². The molecule has 0 spiro atoms. The van der Waals surface area contributed by atoms with Gasteiger partial charge in [0.15, 0.2) is 0 Å². The maximum atomic E-state index is 12.5. The van der Waals surface area contributed by atoms with Crippen LogP contribution < -0.4 is 10.6 Å². The molecule has 2 heterocycles. The van der Waals surface area contributed by atoms with Crippen LogP contribution in [-0.2, 0) is 6.54 Å². The van der Waals surface area contributed by atoms with Crippen molar-refractivity contribution in [3.8, 4) is 0 Å². The molecule has 1 amide bonds. The highest BCUT2D eigenvalue weighted by molar-refractivity contribution is 6.01. The Balaban J connectivity index is 1.57. The van der Waals surface area contributed by atoms with Gasteiger partial charge in [0.1, 0.15) is 0 Å². The second-order valence-corrected chi connectivity index (χ2v) is 6.31. The topological polar surface area (TPSA) is 56.9 Å². The van der Waals surface area contributed by atoms with Gasteiger partial charge in [-0.15, -0.1) is 0 Å². The van der Waals surface area contributed by atoms with Crippen molar-refractivity contribution in [2.45, 2.75) is 13.0 Å². The van der Waals surface area contributed by atoms with Crippen LogP contribution in [0.15, 0.2) is 60.8 Å². The van der Waals surface area contributed by atoms with Gasteiger partial charge in [-0.3, -0.25) is 4.79 Å². The fraction of sp³-hybridized carbons (Fsp3) is 0.190. The van der Waals surface area contributed by atoms with Crippen molar-refractivity contribution in [3.05, 3.63) is 77.5 Å². The van der Waals surface area contributed by atoms with Gasteiger partial charge in [-0.05, 0) is 42.3 Å². The van der Waals surface area contributed by atoms with Gasteiger partial charge in [0.25, 0.3) is 5.91 Å². The van der Waals surface area contributed by atoms with E-state index in [9.17, 15) is 4.79 Å². The normalized spacial score (nSPS) is 14.3. The summed E-state index contributed by atoms with van der Waals surface area (Å²) in [6.07, 6.45) is 5.29. The lowest BCUT2D eigenvalue weighted by atomic mass is 9.98. The summed E-state index contributed by atoms with van der Waals surface area (Å²) in [7, 11) is 0. The zero-order chi connectivity index (χ0) is 17.1. The predicted octanol–water partition coefficient (Wildman–Crippen LogP) is 3.47. The number of aromatic amines is 1. The van der Waals surface area contributed by atoms with Crippen molar-refractivity contribution < 1.29 is 4.79 Å². The first kappa shape index (κ1) is 15.7. The predicted molar refractivity (Wildman–Crippen MR) is 101 cm³/mol. The Labute approximate surface area is 146 Å². The molecular weight excluding hydrogens is 310 g/mol. The number of fused-ring (bicyclic) bond motifs is 1. The second kappa shape index (κ2) is 6.95. The standard InChI is InChI=1S/C21H21N3O/c25-21(24-13-15-4-2-1-3-5-15)17-6-7-20-18(12-17)19(14-23-20)16-8-10-22-11-9-16/h1-8,12,14,22-23H,9-11,13H2,(H,24,25). The van der Waals surface area contributed by atoms with Crippen LogP contribution in [0.4, 0.5) is 0 Å². The molecule has 3 N–H and O–H groups in total. The molecule has 126 valence electrons. The van der Waals surface area contributed by atoms with Crippen LogP contribution in [-0.4, -0.2) is 24.0 Å². The average molecular weight is 331 g/mol. The van der Waals surface area contributed by atoms with Gasteiger partial charge in [0.05, 0.1) is 0 Å². The summed E-state index contributed by atoms with van der Waals surface area (Å²) in [6.45, 7) is 2.43. The number of amides is 1. The van der Waals surface area contributed by atoms with Gasteiger partial charge in [0.2, 0.25) is 0 Å². The summed E-state index contributed by atoms with van der Waals surface area (Å²) in [5.74, 6) is -0.0443. The Kier molecular flexibility index (Phi) is 4.36. The Morgan fingerprint density at radius 2 is 2.00 bits per heavy atom. The van der Waals surface area contributed by atoms with Gasteiger partial charge in [-0.1, -0.05) is 36.4 Å². The number of benzene rings is 2. The molecule has 4 nitrogen and oxygen atoms in total. The van der Waals surface area contributed by atoms with Gasteiger partial charge >= 0.3 is 0 Å². The van der Waals surface area contributed by atoms with E-state index in [4.69, 9.17) is 0 Å². The molecule has 1 aliphatic rings. The van der Waals surface area contributed by atoms with E-state index in [2.05, 4.69) is 21.7 Å². The molecule has 0 saturated heterocycles. The largest absolute Gasteiger partial charge is 0.361 e. The number of nitrogens with one attached hydrogen (secondary N) is 3. The van der Waals surface area contributed by atoms with Crippen molar-refractivity contribution in [2.24, 2.45) is 0 Å². The van der Waals surface area contributed by atoms with Crippen LogP contribution in [0.5, 0.6) is 0 Å². The molecule has 0 atom stereocenters. The summed E-state index contributed by atoms with van der Waals surface area (Å²) in [5.41, 5.74) is 5.40. The van der Waals surface area contributed by atoms with E-state index in [0.29, 0.717) is 12.1 Å². The molecule has 25 heavy (non-hydrogen) atoms. The molecule has 0 aliphatic carbocycles. The van der Waals surface area contributed by atoms with Crippen molar-refractivity contribution in [1.29, 1.82) is 0 Å². The molecule has 0 saturated carbocycles. The van der Waals surface area contributed by atoms with Crippen LogP contribution in [0.25, 0.3) is 16.5 Å². The third kappa shape index (κ3) is 3.35. The highest BCUT2D eigenvalue weighted by atomic mass is 16.1.